The SMILES string of the molecule is CC(C)(C)C1CCC(N(Cc2ccc(C(=O)Nc3nn[nH]n3)cc2)C(=O)c2cccc3[nH]ccc23)CC1. The lowest BCUT2D eigenvalue weighted by Crippen LogP contribution is -2.43. The van der Waals surface area contributed by atoms with Crippen LogP contribution in [0.3, 0.4) is 0 Å². The standard InChI is InChI=1S/C28H33N7O2/c1-28(2,3)20-11-13-21(14-12-20)35(26(37)23-5-4-6-24-22(23)15-16-29-24)17-18-7-9-19(10-8-18)25(36)30-27-31-33-34-32-27/h4-10,15-16,20-21,29H,11-14,17H2,1-3H3,(H2,30,31,32,33,34,36). The average molecular weight is 500 g/mol. The maximum Gasteiger partial charge on any atom is 0.270 e. The number of H-pyrrole nitrogens is 2. The molecule has 1 saturated carbocycles. The van der Waals surface area contributed by atoms with E-state index in [2.05, 4.69) is 51.7 Å². The first-order valence-corrected chi connectivity index (χ1v) is 12.8. The van der Waals surface area contributed by atoms with E-state index in [4.69, 9.17) is 0 Å². The third-order valence-electron chi connectivity index (χ3n) is 7.59. The minimum atomic E-state index is -0.319. The van der Waals surface area contributed by atoms with Crippen molar-refractivity contribution < 1.29 is 9.59 Å². The van der Waals surface area contributed by atoms with Crippen molar-refractivity contribution in [2.24, 2.45) is 11.3 Å². The van der Waals surface area contributed by atoms with Crippen LogP contribution in [0, 0.1) is 11.3 Å². The molecule has 2 aromatic carbocycles. The van der Waals surface area contributed by atoms with Crippen molar-refractivity contribution in [3.05, 3.63) is 71.4 Å². The Morgan fingerprint density at radius 3 is 2.46 bits per heavy atom. The molecule has 0 saturated heterocycles. The van der Waals surface area contributed by atoms with Gasteiger partial charge in [-0.2, -0.15) is 5.21 Å². The molecule has 0 aliphatic heterocycles. The van der Waals surface area contributed by atoms with Gasteiger partial charge in [0.05, 0.1) is 0 Å². The van der Waals surface area contributed by atoms with Gasteiger partial charge in [-0.15, -0.1) is 5.10 Å². The summed E-state index contributed by atoms with van der Waals surface area (Å²) in [5, 5.41) is 16.8. The molecule has 9 heteroatoms. The highest BCUT2D eigenvalue weighted by Crippen LogP contribution is 2.39. The zero-order chi connectivity index (χ0) is 26.0. The lowest BCUT2D eigenvalue weighted by molar-refractivity contribution is 0.0532. The number of anilines is 1. The smallest absolute Gasteiger partial charge is 0.270 e. The third kappa shape index (κ3) is 5.40. The van der Waals surface area contributed by atoms with Crippen molar-refractivity contribution in [1.82, 2.24) is 30.5 Å². The van der Waals surface area contributed by atoms with Crippen LogP contribution in [0.2, 0.25) is 0 Å². The fourth-order valence-corrected chi connectivity index (χ4v) is 5.39. The van der Waals surface area contributed by atoms with Gasteiger partial charge in [0.25, 0.3) is 17.8 Å². The van der Waals surface area contributed by atoms with Crippen LogP contribution in [0.25, 0.3) is 10.9 Å². The number of benzene rings is 2. The van der Waals surface area contributed by atoms with Crippen LogP contribution >= 0.6 is 0 Å². The number of hydrogen-bond donors (Lipinski definition) is 3. The minimum absolute atomic E-state index is 0.0448. The molecule has 1 aliphatic rings. The van der Waals surface area contributed by atoms with Gasteiger partial charge in [-0.3, -0.25) is 14.9 Å². The van der Waals surface area contributed by atoms with E-state index in [1.165, 1.54) is 0 Å². The van der Waals surface area contributed by atoms with Gasteiger partial charge in [0.1, 0.15) is 0 Å². The van der Waals surface area contributed by atoms with Gasteiger partial charge in [0, 0.05) is 40.8 Å². The van der Waals surface area contributed by atoms with Crippen LogP contribution in [0.5, 0.6) is 0 Å². The quantitative estimate of drug-likeness (QED) is 0.338. The van der Waals surface area contributed by atoms with Gasteiger partial charge in [-0.25, -0.2) is 0 Å². The average Bonchev–Trinajstić information content (AvgIpc) is 3.59. The van der Waals surface area contributed by atoms with Crippen molar-refractivity contribution in [3.63, 3.8) is 0 Å². The van der Waals surface area contributed by atoms with Gasteiger partial charge in [0.2, 0.25) is 0 Å². The van der Waals surface area contributed by atoms with E-state index in [-0.39, 0.29) is 29.2 Å². The Hall–Kier alpha value is -4.01. The first-order chi connectivity index (χ1) is 17.8. The molecule has 37 heavy (non-hydrogen) atoms. The number of nitrogens with zero attached hydrogens (tertiary/aromatic N) is 4. The zero-order valence-corrected chi connectivity index (χ0v) is 21.5. The predicted octanol–water partition coefficient (Wildman–Crippen LogP) is 5.18. The number of rotatable bonds is 6. The second-order valence-corrected chi connectivity index (χ2v) is 10.9. The summed E-state index contributed by atoms with van der Waals surface area (Å²) in [7, 11) is 0. The minimum Gasteiger partial charge on any atom is -0.361 e. The van der Waals surface area contributed by atoms with Gasteiger partial charge >= 0.3 is 0 Å². The molecule has 5 rings (SSSR count). The van der Waals surface area contributed by atoms with Gasteiger partial charge in [-0.05, 0) is 78.1 Å². The molecule has 0 radical (unpaired) electrons. The van der Waals surface area contributed by atoms with Gasteiger partial charge in [0.15, 0.2) is 0 Å². The van der Waals surface area contributed by atoms with Crippen molar-refractivity contribution in [2.75, 3.05) is 5.32 Å². The molecule has 3 N–H and O–H groups in total. The second kappa shape index (κ2) is 10.2. The molecule has 1 fully saturated rings. The van der Waals surface area contributed by atoms with E-state index < -0.39 is 0 Å². The number of nitrogens with one attached hydrogen (secondary N) is 3. The molecular weight excluding hydrogens is 466 g/mol. The summed E-state index contributed by atoms with van der Waals surface area (Å²) >= 11 is 0. The Labute approximate surface area is 216 Å². The molecule has 2 amide bonds. The van der Waals surface area contributed by atoms with E-state index >= 15 is 0 Å². The summed E-state index contributed by atoms with van der Waals surface area (Å²) in [5.74, 6) is 0.505. The maximum atomic E-state index is 14.0. The molecule has 2 aromatic heterocycles. The Morgan fingerprint density at radius 2 is 1.78 bits per heavy atom. The number of aromatic nitrogens is 5. The Balaban J connectivity index is 1.37. The second-order valence-electron chi connectivity index (χ2n) is 10.9. The maximum absolute atomic E-state index is 14.0. The van der Waals surface area contributed by atoms with Crippen molar-refractivity contribution >= 4 is 28.7 Å². The van der Waals surface area contributed by atoms with Crippen LogP contribution in [-0.2, 0) is 6.54 Å². The first-order valence-electron chi connectivity index (χ1n) is 12.8. The topological polar surface area (TPSA) is 120 Å². The van der Waals surface area contributed by atoms with Gasteiger partial charge < -0.3 is 9.88 Å². The molecule has 0 bridgehead atoms. The van der Waals surface area contributed by atoms with E-state index in [1.54, 1.807) is 12.1 Å². The van der Waals surface area contributed by atoms with E-state index in [0.29, 0.717) is 23.6 Å². The van der Waals surface area contributed by atoms with Crippen molar-refractivity contribution in [1.29, 1.82) is 0 Å². The number of tetrazole rings is 1. The Kier molecular flexibility index (Phi) is 6.78. The molecular formula is C28H33N7O2. The van der Waals surface area contributed by atoms with Crippen molar-refractivity contribution in [3.8, 4) is 0 Å². The number of aromatic amines is 2. The third-order valence-corrected chi connectivity index (χ3v) is 7.59. The summed E-state index contributed by atoms with van der Waals surface area (Å²) in [4.78, 5) is 31.8. The highest BCUT2D eigenvalue weighted by atomic mass is 16.2. The van der Waals surface area contributed by atoms with Crippen LogP contribution in [-0.4, -0.2) is 48.4 Å². The van der Waals surface area contributed by atoms with Crippen LogP contribution in [0.15, 0.2) is 54.7 Å². The highest BCUT2D eigenvalue weighted by molar-refractivity contribution is 6.06. The largest absolute Gasteiger partial charge is 0.361 e. The Morgan fingerprint density at radius 1 is 1.03 bits per heavy atom. The fourth-order valence-electron chi connectivity index (χ4n) is 5.39. The summed E-state index contributed by atoms with van der Waals surface area (Å²) in [6.07, 6.45) is 6.08. The highest BCUT2D eigenvalue weighted by Gasteiger charge is 2.34. The zero-order valence-electron chi connectivity index (χ0n) is 21.5. The summed E-state index contributed by atoms with van der Waals surface area (Å²) in [5.41, 5.74) is 3.40. The summed E-state index contributed by atoms with van der Waals surface area (Å²) in [6.45, 7) is 7.41. The molecule has 0 unspecified atom stereocenters. The number of hydrogen-bond acceptors (Lipinski definition) is 5. The van der Waals surface area contributed by atoms with Crippen molar-refractivity contribution in [2.45, 2.75) is 59.0 Å². The fraction of sp³-hybridized carbons (Fsp3) is 0.393. The molecule has 0 atom stereocenters. The molecule has 9 nitrogen and oxygen atoms in total. The Bertz CT molecular complexity index is 1360. The van der Waals surface area contributed by atoms with Crippen LogP contribution < -0.4 is 5.32 Å². The first kappa shape index (κ1) is 24.7. The molecule has 2 heterocycles. The van der Waals surface area contributed by atoms with E-state index in [1.807, 2.05) is 47.5 Å². The molecule has 4 aromatic rings. The van der Waals surface area contributed by atoms with E-state index in [0.717, 1.165) is 42.1 Å². The monoisotopic (exact) mass is 499 g/mol. The number of fused-ring (bicyclic) bond motifs is 1. The molecule has 192 valence electrons. The van der Waals surface area contributed by atoms with Gasteiger partial charge in [-0.1, -0.05) is 44.1 Å². The lowest BCUT2D eigenvalue weighted by Gasteiger charge is -2.41. The number of amides is 2. The van der Waals surface area contributed by atoms with Crippen LogP contribution in [0.4, 0.5) is 5.95 Å². The van der Waals surface area contributed by atoms with Crippen LogP contribution in [0.1, 0.15) is 72.7 Å². The summed E-state index contributed by atoms with van der Waals surface area (Å²) in [6, 6.07) is 15.3. The normalized spacial score (nSPS) is 18.0. The van der Waals surface area contributed by atoms with E-state index in [9.17, 15) is 9.59 Å². The lowest BCUT2D eigenvalue weighted by atomic mass is 9.71. The number of carbonyl (C=O) groups excluding carboxylic acids is 2. The molecule has 0 spiro atoms. The predicted molar refractivity (Wildman–Crippen MR) is 142 cm³/mol. The number of carbonyl (C=O) groups is 2. The summed E-state index contributed by atoms with van der Waals surface area (Å²) < 4.78 is 0. The molecule has 1 aliphatic carbocycles.